The van der Waals surface area contributed by atoms with Gasteiger partial charge in [0, 0.05) is 18.3 Å². The summed E-state index contributed by atoms with van der Waals surface area (Å²) in [4.78, 5) is 14.7. The summed E-state index contributed by atoms with van der Waals surface area (Å²) < 4.78 is 34.2. The van der Waals surface area contributed by atoms with E-state index in [0.717, 1.165) is 51.4 Å². The van der Waals surface area contributed by atoms with Crippen LogP contribution in [0.25, 0.3) is 11.5 Å². The van der Waals surface area contributed by atoms with Crippen molar-refractivity contribution in [2.45, 2.75) is 45.6 Å². The normalized spacial score (nSPS) is 18.0. The van der Waals surface area contributed by atoms with Crippen molar-refractivity contribution in [2.24, 2.45) is 5.92 Å². The summed E-state index contributed by atoms with van der Waals surface area (Å²) in [7, 11) is 0. The molecule has 1 saturated carbocycles. The molecule has 2 aromatic carbocycles. The summed E-state index contributed by atoms with van der Waals surface area (Å²) >= 11 is 0. The zero-order valence-electron chi connectivity index (χ0n) is 20.1. The molecule has 2 N–H and O–H groups in total. The molecule has 7 nitrogen and oxygen atoms in total. The number of nitrogens with zero attached hydrogens (tertiary/aromatic N) is 3. The lowest BCUT2D eigenvalue weighted by Gasteiger charge is -2.31. The Labute approximate surface area is 203 Å². The molecule has 186 valence electrons. The van der Waals surface area contributed by atoms with Gasteiger partial charge in [0.1, 0.15) is 11.6 Å². The minimum absolute atomic E-state index is 0.0483. The molecular weight excluding hydrogens is 452 g/mol. The summed E-state index contributed by atoms with van der Waals surface area (Å²) in [6.45, 7) is 7.69. The van der Waals surface area contributed by atoms with Crippen LogP contribution in [0.3, 0.4) is 0 Å². The number of nitrogens with one attached hydrogen (secondary N) is 2. The lowest BCUT2D eigenvalue weighted by molar-refractivity contribution is 0.102. The van der Waals surface area contributed by atoms with Gasteiger partial charge in [0.05, 0.1) is 11.1 Å². The van der Waals surface area contributed by atoms with Crippen molar-refractivity contribution in [3.8, 4) is 11.5 Å². The second kappa shape index (κ2) is 11.4. The number of carbonyl (C=O) groups is 1. The van der Waals surface area contributed by atoms with Crippen molar-refractivity contribution in [3.05, 3.63) is 59.7 Å². The first-order chi connectivity index (χ1) is 17.0. The van der Waals surface area contributed by atoms with E-state index in [4.69, 9.17) is 4.42 Å². The molecule has 0 bridgehead atoms. The number of hydrogen-bond acceptors (Lipinski definition) is 6. The van der Waals surface area contributed by atoms with Crippen LogP contribution in [0.5, 0.6) is 0 Å². The molecule has 35 heavy (non-hydrogen) atoms. The number of benzene rings is 2. The van der Waals surface area contributed by atoms with Gasteiger partial charge in [-0.15, -0.1) is 5.10 Å². The number of carbonyl (C=O) groups excluding carboxylic acids is 1. The number of hydrogen-bond donors (Lipinski definition) is 2. The van der Waals surface area contributed by atoms with Crippen LogP contribution in [-0.2, 0) is 0 Å². The molecule has 0 aliphatic heterocycles. The Morgan fingerprint density at radius 2 is 1.77 bits per heavy atom. The molecule has 1 amide bonds. The summed E-state index contributed by atoms with van der Waals surface area (Å²) in [6.07, 6.45) is 4.33. The van der Waals surface area contributed by atoms with Gasteiger partial charge in [-0.25, -0.2) is 8.78 Å². The van der Waals surface area contributed by atoms with Crippen molar-refractivity contribution in [1.29, 1.82) is 0 Å². The highest BCUT2D eigenvalue weighted by molar-refractivity contribution is 6.04. The van der Waals surface area contributed by atoms with Gasteiger partial charge >= 0.3 is 6.01 Å². The van der Waals surface area contributed by atoms with Crippen molar-refractivity contribution < 1.29 is 18.0 Å². The van der Waals surface area contributed by atoms with E-state index in [1.54, 1.807) is 6.07 Å². The zero-order chi connectivity index (χ0) is 24.8. The fraction of sp³-hybridized carbons (Fsp3) is 0.423. The van der Waals surface area contributed by atoms with E-state index >= 15 is 0 Å². The summed E-state index contributed by atoms with van der Waals surface area (Å²) in [6, 6.07) is 10.2. The largest absolute Gasteiger partial charge is 0.403 e. The van der Waals surface area contributed by atoms with E-state index in [9.17, 15) is 13.6 Å². The number of aromatic nitrogens is 2. The molecule has 0 spiro atoms. The third kappa shape index (κ3) is 6.22. The van der Waals surface area contributed by atoms with Crippen LogP contribution in [0.4, 0.5) is 20.5 Å². The van der Waals surface area contributed by atoms with Crippen LogP contribution >= 0.6 is 0 Å². The SMILES string of the molecule is CCN(CC)CC1CCC(Nc2nnc(-c3ccc(NC(=O)c4ccccc4F)cc3F)o2)CC1. The van der Waals surface area contributed by atoms with Gasteiger partial charge < -0.3 is 20.0 Å². The minimum Gasteiger partial charge on any atom is -0.403 e. The van der Waals surface area contributed by atoms with Crippen LogP contribution < -0.4 is 10.6 Å². The number of anilines is 2. The van der Waals surface area contributed by atoms with E-state index in [2.05, 4.69) is 39.6 Å². The number of halogens is 2. The molecule has 3 aromatic rings. The molecule has 1 heterocycles. The van der Waals surface area contributed by atoms with E-state index in [1.807, 2.05) is 0 Å². The van der Waals surface area contributed by atoms with Crippen LogP contribution in [0.15, 0.2) is 46.9 Å². The second-order valence-electron chi connectivity index (χ2n) is 8.89. The highest BCUT2D eigenvalue weighted by atomic mass is 19.1. The van der Waals surface area contributed by atoms with Gasteiger partial charge in [0.15, 0.2) is 0 Å². The molecule has 1 aliphatic carbocycles. The summed E-state index contributed by atoms with van der Waals surface area (Å²) in [5.41, 5.74) is 0.197. The Morgan fingerprint density at radius 1 is 1.03 bits per heavy atom. The maximum atomic E-state index is 14.8. The van der Waals surface area contributed by atoms with Gasteiger partial charge in [0.2, 0.25) is 0 Å². The lowest BCUT2D eigenvalue weighted by Crippen LogP contribution is -2.34. The van der Waals surface area contributed by atoms with Gasteiger partial charge in [-0.2, -0.15) is 0 Å². The highest BCUT2D eigenvalue weighted by Crippen LogP contribution is 2.29. The predicted octanol–water partition coefficient (Wildman–Crippen LogP) is 5.58. The molecule has 0 radical (unpaired) electrons. The number of amides is 1. The average molecular weight is 484 g/mol. The third-order valence-corrected chi connectivity index (χ3v) is 6.59. The smallest absolute Gasteiger partial charge is 0.315 e. The fourth-order valence-corrected chi connectivity index (χ4v) is 4.51. The van der Waals surface area contributed by atoms with Crippen LogP contribution in [0.2, 0.25) is 0 Å². The molecule has 0 atom stereocenters. The molecule has 1 aliphatic rings. The Balaban J connectivity index is 1.34. The first kappa shape index (κ1) is 24.8. The van der Waals surface area contributed by atoms with E-state index in [-0.39, 0.29) is 34.8 Å². The maximum Gasteiger partial charge on any atom is 0.315 e. The predicted molar refractivity (Wildman–Crippen MR) is 131 cm³/mol. The average Bonchev–Trinajstić information content (AvgIpc) is 3.32. The quantitative estimate of drug-likeness (QED) is 0.413. The molecule has 1 aromatic heterocycles. The maximum absolute atomic E-state index is 14.8. The van der Waals surface area contributed by atoms with Crippen molar-refractivity contribution >= 4 is 17.6 Å². The van der Waals surface area contributed by atoms with Gasteiger partial charge in [-0.1, -0.05) is 31.1 Å². The topological polar surface area (TPSA) is 83.3 Å². The van der Waals surface area contributed by atoms with Crippen LogP contribution in [0.1, 0.15) is 49.9 Å². The molecule has 0 saturated heterocycles. The fourth-order valence-electron chi connectivity index (χ4n) is 4.51. The molecule has 0 unspecified atom stereocenters. The number of rotatable bonds is 9. The van der Waals surface area contributed by atoms with Crippen LogP contribution in [0, 0.1) is 17.6 Å². The Hall–Kier alpha value is -3.33. The minimum atomic E-state index is -0.661. The van der Waals surface area contributed by atoms with Crippen molar-refractivity contribution in [1.82, 2.24) is 15.1 Å². The van der Waals surface area contributed by atoms with E-state index in [0.29, 0.717) is 5.92 Å². The third-order valence-electron chi connectivity index (χ3n) is 6.59. The van der Waals surface area contributed by atoms with Gasteiger partial charge in [0.25, 0.3) is 11.8 Å². The standard InChI is InChI=1S/C26H31F2N5O2/c1-3-33(4-2)16-17-9-11-18(12-10-17)30-26-32-31-25(35-26)21-14-13-19(15-23(21)28)29-24(34)20-7-5-6-8-22(20)27/h5-8,13-15,17-18H,3-4,9-12,16H2,1-2H3,(H,29,34)(H,30,32). The van der Waals surface area contributed by atoms with E-state index in [1.165, 1.54) is 30.3 Å². The monoisotopic (exact) mass is 483 g/mol. The highest BCUT2D eigenvalue weighted by Gasteiger charge is 2.24. The zero-order valence-corrected chi connectivity index (χ0v) is 20.1. The van der Waals surface area contributed by atoms with Gasteiger partial charge in [-0.3, -0.25) is 4.79 Å². The van der Waals surface area contributed by atoms with Crippen LogP contribution in [-0.4, -0.2) is 46.7 Å². The Kier molecular flexibility index (Phi) is 8.07. The van der Waals surface area contributed by atoms with Gasteiger partial charge in [-0.05, 0) is 75.0 Å². The van der Waals surface area contributed by atoms with Crippen molar-refractivity contribution in [3.63, 3.8) is 0 Å². The Morgan fingerprint density at radius 3 is 2.46 bits per heavy atom. The molecule has 4 rings (SSSR count). The molecular formula is C26H31F2N5O2. The first-order valence-corrected chi connectivity index (χ1v) is 12.1. The molecule has 1 fully saturated rings. The molecule has 9 heteroatoms. The second-order valence-corrected chi connectivity index (χ2v) is 8.89. The van der Waals surface area contributed by atoms with E-state index < -0.39 is 17.5 Å². The Bertz CT molecular complexity index is 1140. The lowest BCUT2D eigenvalue weighted by atomic mass is 9.85. The first-order valence-electron chi connectivity index (χ1n) is 12.1. The summed E-state index contributed by atoms with van der Waals surface area (Å²) in [5, 5.41) is 13.8. The van der Waals surface area contributed by atoms with Crippen molar-refractivity contribution in [2.75, 3.05) is 30.3 Å². The summed E-state index contributed by atoms with van der Waals surface area (Å²) in [5.74, 6) is -1.19.